The van der Waals surface area contributed by atoms with E-state index in [1.165, 1.54) is 16.3 Å². The van der Waals surface area contributed by atoms with E-state index in [0.717, 1.165) is 22.9 Å². The molecular weight excluding hydrogens is 282 g/mol. The number of hydrogen-bond acceptors (Lipinski definition) is 2. The maximum absolute atomic E-state index is 4.66. The normalized spacial score (nSPS) is 11.0. The van der Waals surface area contributed by atoms with Crippen molar-refractivity contribution < 1.29 is 0 Å². The van der Waals surface area contributed by atoms with E-state index in [1.54, 1.807) is 0 Å². The van der Waals surface area contributed by atoms with Gasteiger partial charge in [-0.2, -0.15) is 5.10 Å². The Morgan fingerprint density at radius 3 is 2.35 bits per heavy atom. The molecule has 0 unspecified atom stereocenters. The topological polar surface area (TPSA) is 30.7 Å². The van der Waals surface area contributed by atoms with Gasteiger partial charge in [0.25, 0.3) is 0 Å². The lowest BCUT2D eigenvalue weighted by Gasteiger charge is -2.09. The Hall–Kier alpha value is -2.94. The highest BCUT2D eigenvalue weighted by Crippen LogP contribution is 2.26. The van der Waals surface area contributed by atoms with E-state index >= 15 is 0 Å². The van der Waals surface area contributed by atoms with E-state index in [0.29, 0.717) is 0 Å². The molecule has 3 aromatic carbocycles. The number of nitrogens with zero attached hydrogens (tertiary/aromatic N) is 3. The minimum absolute atomic E-state index is 0.774. The number of fused-ring (bicyclic) bond motifs is 1. The van der Waals surface area contributed by atoms with E-state index in [1.807, 2.05) is 23.7 Å². The third-order valence-corrected chi connectivity index (χ3v) is 4.06. The summed E-state index contributed by atoms with van der Waals surface area (Å²) in [5.41, 5.74) is 3.32. The Bertz CT molecular complexity index is 999. The van der Waals surface area contributed by atoms with Gasteiger partial charge < -0.3 is 0 Å². The second-order valence-electron chi connectivity index (χ2n) is 5.74. The average Bonchev–Trinajstić information content (AvgIpc) is 2.96. The summed E-state index contributed by atoms with van der Waals surface area (Å²) in [6.07, 6.45) is 0. The minimum Gasteiger partial charge on any atom is -0.213 e. The smallest absolute Gasteiger partial charge is 0.163 e. The van der Waals surface area contributed by atoms with Crippen molar-refractivity contribution in [3.8, 4) is 17.1 Å². The molecule has 0 spiro atoms. The predicted octanol–water partition coefficient (Wildman–Crippen LogP) is 4.70. The number of aryl methyl sites for hydroxylation is 2. The van der Waals surface area contributed by atoms with Crippen molar-refractivity contribution in [3.05, 3.63) is 78.1 Å². The fraction of sp³-hybridized carbons (Fsp3) is 0.100. The molecule has 0 saturated heterocycles. The number of hydrogen-bond donors (Lipinski definition) is 0. The first-order valence-corrected chi connectivity index (χ1v) is 7.71. The van der Waals surface area contributed by atoms with Gasteiger partial charge in [-0.15, -0.1) is 0 Å². The molecule has 3 nitrogen and oxygen atoms in total. The molecule has 0 bridgehead atoms. The zero-order valence-electron chi connectivity index (χ0n) is 13.2. The fourth-order valence-electron chi connectivity index (χ4n) is 2.90. The predicted molar refractivity (Wildman–Crippen MR) is 93.8 cm³/mol. The van der Waals surface area contributed by atoms with Crippen LogP contribution in [0.25, 0.3) is 27.8 Å². The lowest BCUT2D eigenvalue weighted by molar-refractivity contribution is 0.862. The quantitative estimate of drug-likeness (QED) is 0.537. The highest BCUT2D eigenvalue weighted by Gasteiger charge is 2.13. The fourth-order valence-corrected chi connectivity index (χ4v) is 2.90. The van der Waals surface area contributed by atoms with Gasteiger partial charge in [0.15, 0.2) is 5.82 Å². The molecule has 0 saturated carbocycles. The van der Waals surface area contributed by atoms with Gasteiger partial charge >= 0.3 is 0 Å². The van der Waals surface area contributed by atoms with Crippen LogP contribution in [0.2, 0.25) is 0 Å². The number of rotatable bonds is 2. The molecular formula is C20H17N3. The molecule has 4 rings (SSSR count). The highest BCUT2D eigenvalue weighted by atomic mass is 15.3. The second kappa shape index (κ2) is 5.36. The Kier molecular flexibility index (Phi) is 3.19. The SMILES string of the molecule is Cc1nc(-c2ccc3ccccc3c2)n(-c2ccccc2C)n1. The van der Waals surface area contributed by atoms with Crippen molar-refractivity contribution >= 4 is 10.8 Å². The molecule has 0 fully saturated rings. The lowest BCUT2D eigenvalue weighted by Crippen LogP contribution is -2.01. The molecule has 0 aliphatic rings. The van der Waals surface area contributed by atoms with Crippen molar-refractivity contribution in [2.75, 3.05) is 0 Å². The van der Waals surface area contributed by atoms with Gasteiger partial charge in [0.05, 0.1) is 5.69 Å². The summed E-state index contributed by atoms with van der Waals surface area (Å²) in [6, 6.07) is 23.0. The summed E-state index contributed by atoms with van der Waals surface area (Å²) in [7, 11) is 0. The van der Waals surface area contributed by atoms with Gasteiger partial charge in [-0.1, -0.05) is 54.6 Å². The van der Waals surface area contributed by atoms with Crippen molar-refractivity contribution in [2.45, 2.75) is 13.8 Å². The molecule has 0 aliphatic carbocycles. The number of aromatic nitrogens is 3. The monoisotopic (exact) mass is 299 g/mol. The molecule has 0 radical (unpaired) electrons. The van der Waals surface area contributed by atoms with Gasteiger partial charge in [-0.25, -0.2) is 9.67 Å². The van der Waals surface area contributed by atoms with Crippen LogP contribution < -0.4 is 0 Å². The van der Waals surface area contributed by atoms with Crippen LogP contribution in [-0.2, 0) is 0 Å². The summed E-state index contributed by atoms with van der Waals surface area (Å²) < 4.78 is 1.94. The second-order valence-corrected chi connectivity index (χ2v) is 5.74. The van der Waals surface area contributed by atoms with Gasteiger partial charge in [-0.05, 0) is 42.3 Å². The van der Waals surface area contributed by atoms with E-state index in [9.17, 15) is 0 Å². The Morgan fingerprint density at radius 1 is 0.783 bits per heavy atom. The molecule has 3 heteroatoms. The minimum atomic E-state index is 0.774. The third-order valence-electron chi connectivity index (χ3n) is 4.06. The van der Waals surface area contributed by atoms with Crippen molar-refractivity contribution in [1.82, 2.24) is 14.8 Å². The third kappa shape index (κ3) is 2.40. The summed E-state index contributed by atoms with van der Waals surface area (Å²) in [6.45, 7) is 4.02. The van der Waals surface area contributed by atoms with Gasteiger partial charge in [-0.3, -0.25) is 0 Å². The van der Waals surface area contributed by atoms with Crippen molar-refractivity contribution in [2.24, 2.45) is 0 Å². The first-order chi connectivity index (χ1) is 11.2. The molecule has 112 valence electrons. The van der Waals surface area contributed by atoms with Gasteiger partial charge in [0.1, 0.15) is 5.82 Å². The molecule has 1 aromatic heterocycles. The van der Waals surface area contributed by atoms with Crippen LogP contribution >= 0.6 is 0 Å². The Labute approximate surface area is 135 Å². The van der Waals surface area contributed by atoms with E-state index in [2.05, 4.69) is 71.6 Å². The summed E-state index contributed by atoms with van der Waals surface area (Å²) in [5.74, 6) is 1.65. The zero-order valence-corrected chi connectivity index (χ0v) is 13.2. The van der Waals surface area contributed by atoms with Crippen LogP contribution in [0.15, 0.2) is 66.7 Å². The zero-order chi connectivity index (χ0) is 15.8. The first-order valence-electron chi connectivity index (χ1n) is 7.71. The molecule has 23 heavy (non-hydrogen) atoms. The first kappa shape index (κ1) is 13.7. The summed E-state index contributed by atoms with van der Waals surface area (Å²) in [4.78, 5) is 4.66. The van der Waals surface area contributed by atoms with Crippen LogP contribution in [0.5, 0.6) is 0 Å². The van der Waals surface area contributed by atoms with Crippen LogP contribution in [0.1, 0.15) is 11.4 Å². The molecule has 0 amide bonds. The Morgan fingerprint density at radius 2 is 1.52 bits per heavy atom. The van der Waals surface area contributed by atoms with Crippen LogP contribution in [0.4, 0.5) is 0 Å². The van der Waals surface area contributed by atoms with Crippen LogP contribution in [0, 0.1) is 13.8 Å². The molecule has 0 aliphatic heterocycles. The molecule has 1 heterocycles. The van der Waals surface area contributed by atoms with E-state index in [-0.39, 0.29) is 0 Å². The molecule has 0 N–H and O–H groups in total. The standard InChI is InChI=1S/C20H17N3/c1-14-7-3-6-10-19(14)23-20(21-15(2)22-23)18-12-11-16-8-4-5-9-17(16)13-18/h3-13H,1-2H3. The number of para-hydroxylation sites is 1. The van der Waals surface area contributed by atoms with Gasteiger partial charge in [0, 0.05) is 5.56 Å². The highest BCUT2D eigenvalue weighted by molar-refractivity contribution is 5.86. The average molecular weight is 299 g/mol. The Balaban J connectivity index is 1.93. The summed E-state index contributed by atoms with van der Waals surface area (Å²) in [5, 5.41) is 7.05. The van der Waals surface area contributed by atoms with Gasteiger partial charge in [0.2, 0.25) is 0 Å². The van der Waals surface area contributed by atoms with Crippen molar-refractivity contribution in [3.63, 3.8) is 0 Å². The molecule has 4 aromatic rings. The van der Waals surface area contributed by atoms with Crippen molar-refractivity contribution in [1.29, 1.82) is 0 Å². The largest absolute Gasteiger partial charge is 0.213 e. The van der Waals surface area contributed by atoms with Crippen LogP contribution in [-0.4, -0.2) is 14.8 Å². The van der Waals surface area contributed by atoms with E-state index in [4.69, 9.17) is 0 Å². The maximum atomic E-state index is 4.66. The van der Waals surface area contributed by atoms with E-state index < -0.39 is 0 Å². The number of benzene rings is 3. The maximum Gasteiger partial charge on any atom is 0.163 e. The lowest BCUT2D eigenvalue weighted by atomic mass is 10.1. The summed E-state index contributed by atoms with van der Waals surface area (Å²) >= 11 is 0. The van der Waals surface area contributed by atoms with Crippen LogP contribution in [0.3, 0.4) is 0 Å². The molecule has 0 atom stereocenters.